The van der Waals surface area contributed by atoms with E-state index in [2.05, 4.69) is 21.2 Å². The van der Waals surface area contributed by atoms with Gasteiger partial charge in [-0.15, -0.1) is 0 Å². The minimum absolute atomic E-state index is 0.167. The van der Waals surface area contributed by atoms with Crippen molar-refractivity contribution in [3.05, 3.63) is 58.6 Å². The van der Waals surface area contributed by atoms with Gasteiger partial charge in [0, 0.05) is 16.6 Å². The van der Waals surface area contributed by atoms with E-state index in [1.54, 1.807) is 6.92 Å². The molecule has 0 aliphatic heterocycles. The maximum absolute atomic E-state index is 12.2. The maximum atomic E-state index is 12.2. The SMILES string of the molecule is CCOc1ccccc1CNC(=O)[C@H](C)Oc1ccc(Br)cc1. The van der Waals surface area contributed by atoms with E-state index in [0.29, 0.717) is 18.9 Å². The Hall–Kier alpha value is -2.01. The molecule has 0 aromatic heterocycles. The van der Waals surface area contributed by atoms with Crippen molar-refractivity contribution in [3.8, 4) is 11.5 Å². The third kappa shape index (κ3) is 5.28. The number of carbonyl (C=O) groups is 1. The molecular formula is C18H20BrNO3. The van der Waals surface area contributed by atoms with Gasteiger partial charge in [-0.2, -0.15) is 0 Å². The van der Waals surface area contributed by atoms with E-state index in [1.807, 2.05) is 55.5 Å². The fraction of sp³-hybridized carbons (Fsp3) is 0.278. The van der Waals surface area contributed by atoms with Crippen LogP contribution in [0.1, 0.15) is 19.4 Å². The minimum Gasteiger partial charge on any atom is -0.494 e. The van der Waals surface area contributed by atoms with E-state index < -0.39 is 6.10 Å². The number of nitrogens with one attached hydrogen (secondary N) is 1. The molecule has 2 aromatic rings. The Balaban J connectivity index is 1.90. The van der Waals surface area contributed by atoms with E-state index in [1.165, 1.54) is 0 Å². The van der Waals surface area contributed by atoms with Gasteiger partial charge in [0.15, 0.2) is 6.10 Å². The number of benzene rings is 2. The van der Waals surface area contributed by atoms with E-state index in [4.69, 9.17) is 9.47 Å². The van der Waals surface area contributed by atoms with Crippen LogP contribution in [0.2, 0.25) is 0 Å². The second-order valence-corrected chi connectivity index (χ2v) is 5.89. The van der Waals surface area contributed by atoms with E-state index in [-0.39, 0.29) is 5.91 Å². The van der Waals surface area contributed by atoms with Crippen LogP contribution in [-0.4, -0.2) is 18.6 Å². The lowest BCUT2D eigenvalue weighted by Crippen LogP contribution is -2.36. The normalized spacial score (nSPS) is 11.6. The highest BCUT2D eigenvalue weighted by atomic mass is 79.9. The van der Waals surface area contributed by atoms with Crippen LogP contribution in [0.4, 0.5) is 0 Å². The van der Waals surface area contributed by atoms with Crippen LogP contribution in [-0.2, 0) is 11.3 Å². The standard InChI is InChI=1S/C18H20BrNO3/c1-3-22-17-7-5-4-6-14(17)12-20-18(21)13(2)23-16-10-8-15(19)9-11-16/h4-11,13H,3,12H2,1-2H3,(H,20,21)/t13-/m0/s1. The molecule has 23 heavy (non-hydrogen) atoms. The molecule has 1 N–H and O–H groups in total. The molecule has 1 amide bonds. The number of rotatable bonds is 7. The molecular weight excluding hydrogens is 358 g/mol. The van der Waals surface area contributed by atoms with Gasteiger partial charge in [-0.1, -0.05) is 34.1 Å². The van der Waals surface area contributed by atoms with Crippen LogP contribution in [0.3, 0.4) is 0 Å². The van der Waals surface area contributed by atoms with Crippen molar-refractivity contribution in [2.24, 2.45) is 0 Å². The van der Waals surface area contributed by atoms with E-state index in [0.717, 1.165) is 15.8 Å². The summed E-state index contributed by atoms with van der Waals surface area (Å²) >= 11 is 3.36. The number of hydrogen-bond acceptors (Lipinski definition) is 3. The lowest BCUT2D eigenvalue weighted by atomic mass is 10.2. The van der Waals surface area contributed by atoms with Crippen molar-refractivity contribution in [2.45, 2.75) is 26.5 Å². The minimum atomic E-state index is -0.574. The molecule has 0 aliphatic rings. The smallest absolute Gasteiger partial charge is 0.261 e. The first-order valence-electron chi connectivity index (χ1n) is 7.50. The summed E-state index contributed by atoms with van der Waals surface area (Å²) in [5, 5.41) is 2.88. The van der Waals surface area contributed by atoms with E-state index in [9.17, 15) is 4.79 Å². The van der Waals surface area contributed by atoms with Crippen molar-refractivity contribution >= 4 is 21.8 Å². The summed E-state index contributed by atoms with van der Waals surface area (Å²) in [5.74, 6) is 1.28. The molecule has 0 radical (unpaired) electrons. The second kappa shape index (κ2) is 8.58. The topological polar surface area (TPSA) is 47.6 Å². The first-order chi connectivity index (χ1) is 11.1. The van der Waals surface area contributed by atoms with Crippen molar-refractivity contribution in [2.75, 3.05) is 6.61 Å². The van der Waals surface area contributed by atoms with Crippen molar-refractivity contribution in [3.63, 3.8) is 0 Å². The van der Waals surface area contributed by atoms with Gasteiger partial charge in [-0.25, -0.2) is 0 Å². The Morgan fingerprint density at radius 1 is 1.17 bits per heavy atom. The number of amides is 1. The first kappa shape index (κ1) is 17.3. The lowest BCUT2D eigenvalue weighted by Gasteiger charge is -2.16. The first-order valence-corrected chi connectivity index (χ1v) is 8.30. The van der Waals surface area contributed by atoms with Crippen LogP contribution >= 0.6 is 15.9 Å². The molecule has 122 valence electrons. The molecule has 0 bridgehead atoms. The molecule has 0 spiro atoms. The van der Waals surface area contributed by atoms with Crippen molar-refractivity contribution < 1.29 is 14.3 Å². The van der Waals surface area contributed by atoms with Crippen LogP contribution in [0, 0.1) is 0 Å². The summed E-state index contributed by atoms with van der Waals surface area (Å²) in [5.41, 5.74) is 0.943. The third-order valence-electron chi connectivity index (χ3n) is 3.22. The van der Waals surface area contributed by atoms with Gasteiger partial charge in [0.05, 0.1) is 6.61 Å². The number of hydrogen-bond donors (Lipinski definition) is 1. The average Bonchev–Trinajstić information content (AvgIpc) is 2.56. The average molecular weight is 378 g/mol. The Labute approximate surface area is 144 Å². The molecule has 2 rings (SSSR count). The molecule has 0 aliphatic carbocycles. The zero-order valence-corrected chi connectivity index (χ0v) is 14.8. The van der Waals surface area contributed by atoms with Crippen LogP contribution in [0.15, 0.2) is 53.0 Å². The summed E-state index contributed by atoms with van der Waals surface area (Å²) in [6.07, 6.45) is -0.574. The number of carbonyl (C=O) groups excluding carboxylic acids is 1. The molecule has 5 heteroatoms. The fourth-order valence-corrected chi connectivity index (χ4v) is 2.31. The number of ether oxygens (including phenoxy) is 2. The summed E-state index contributed by atoms with van der Waals surface area (Å²) in [6, 6.07) is 15.0. The Kier molecular flexibility index (Phi) is 6.47. The van der Waals surface area contributed by atoms with Crippen LogP contribution in [0.25, 0.3) is 0 Å². The molecule has 0 saturated heterocycles. The fourth-order valence-electron chi connectivity index (χ4n) is 2.04. The van der Waals surface area contributed by atoms with Gasteiger partial charge in [-0.3, -0.25) is 4.79 Å². The van der Waals surface area contributed by atoms with Gasteiger partial charge in [0.25, 0.3) is 5.91 Å². The number of halogens is 1. The third-order valence-corrected chi connectivity index (χ3v) is 3.75. The van der Waals surface area contributed by atoms with Crippen molar-refractivity contribution in [1.29, 1.82) is 0 Å². The highest BCUT2D eigenvalue weighted by Gasteiger charge is 2.15. The quantitative estimate of drug-likeness (QED) is 0.794. The van der Waals surface area contributed by atoms with E-state index >= 15 is 0 Å². The van der Waals surface area contributed by atoms with Crippen LogP contribution < -0.4 is 14.8 Å². The highest BCUT2D eigenvalue weighted by molar-refractivity contribution is 9.10. The molecule has 2 aromatic carbocycles. The van der Waals surface area contributed by atoms with Crippen LogP contribution in [0.5, 0.6) is 11.5 Å². The molecule has 0 unspecified atom stereocenters. The Morgan fingerprint density at radius 3 is 2.57 bits per heavy atom. The Morgan fingerprint density at radius 2 is 1.87 bits per heavy atom. The van der Waals surface area contributed by atoms with Crippen molar-refractivity contribution in [1.82, 2.24) is 5.32 Å². The zero-order chi connectivity index (χ0) is 16.7. The predicted octanol–water partition coefficient (Wildman–Crippen LogP) is 3.93. The van der Waals surface area contributed by atoms with Gasteiger partial charge in [0.2, 0.25) is 0 Å². The summed E-state index contributed by atoms with van der Waals surface area (Å²) < 4.78 is 12.1. The van der Waals surface area contributed by atoms with Gasteiger partial charge >= 0.3 is 0 Å². The maximum Gasteiger partial charge on any atom is 0.261 e. The highest BCUT2D eigenvalue weighted by Crippen LogP contribution is 2.19. The summed E-state index contributed by atoms with van der Waals surface area (Å²) in [7, 11) is 0. The lowest BCUT2D eigenvalue weighted by molar-refractivity contribution is -0.127. The zero-order valence-electron chi connectivity index (χ0n) is 13.2. The molecule has 4 nitrogen and oxygen atoms in total. The summed E-state index contributed by atoms with van der Waals surface area (Å²) in [6.45, 7) is 4.66. The Bertz CT molecular complexity index is 643. The predicted molar refractivity (Wildman–Crippen MR) is 93.7 cm³/mol. The largest absolute Gasteiger partial charge is 0.494 e. The second-order valence-electron chi connectivity index (χ2n) is 4.97. The van der Waals surface area contributed by atoms with Gasteiger partial charge in [0.1, 0.15) is 11.5 Å². The molecule has 0 saturated carbocycles. The number of para-hydroxylation sites is 1. The summed E-state index contributed by atoms with van der Waals surface area (Å²) in [4.78, 5) is 12.2. The molecule has 0 heterocycles. The van der Waals surface area contributed by atoms with Gasteiger partial charge < -0.3 is 14.8 Å². The monoisotopic (exact) mass is 377 g/mol. The van der Waals surface area contributed by atoms with Gasteiger partial charge in [-0.05, 0) is 44.2 Å². The molecule has 0 fully saturated rings. The molecule has 1 atom stereocenters.